The molecule has 2 aromatic rings. The van der Waals surface area contributed by atoms with Crippen molar-refractivity contribution in [2.75, 3.05) is 0 Å². The molecule has 0 radical (unpaired) electrons. The average molecular weight is 172 g/mol. The average Bonchev–Trinajstić information content (AvgIpc) is 2.59. The topological polar surface area (TPSA) is 0 Å². The van der Waals surface area contributed by atoms with E-state index < -0.39 is 0 Å². The third-order valence-corrected chi connectivity index (χ3v) is 3.08. The maximum absolute atomic E-state index is 3.17. The molecule has 0 nitrogen and oxygen atoms in total. The number of rotatable bonds is 1. The Morgan fingerprint density at radius 1 is 1.18 bits per heavy atom. The molecule has 0 atom stereocenters. The van der Waals surface area contributed by atoms with Gasteiger partial charge in [-0.1, -0.05) is 21.9 Å². The van der Waals surface area contributed by atoms with Crippen molar-refractivity contribution in [3.63, 3.8) is 0 Å². The van der Waals surface area contributed by atoms with Crippen LogP contribution in [-0.4, -0.2) is 0 Å². The van der Waals surface area contributed by atoms with Gasteiger partial charge in [-0.05, 0) is 5.38 Å². The Balaban J connectivity index is 0.000000605. The zero-order valence-corrected chi connectivity index (χ0v) is 7.84. The van der Waals surface area contributed by atoms with Crippen molar-refractivity contribution >= 4 is 22.7 Å². The Hall–Kier alpha value is -0.00260. The van der Waals surface area contributed by atoms with Gasteiger partial charge in [-0.25, -0.2) is 22.7 Å². The van der Waals surface area contributed by atoms with Crippen molar-refractivity contribution in [3.8, 4) is 9.75 Å². The monoisotopic (exact) mass is 172 g/mol. The third kappa shape index (κ3) is 1.97. The normalized spacial score (nSPS) is 9.09. The summed E-state index contributed by atoms with van der Waals surface area (Å²) in [6.07, 6.45) is 0. The van der Waals surface area contributed by atoms with E-state index in [0.29, 0.717) is 0 Å². The summed E-state index contributed by atoms with van der Waals surface area (Å²) in [5, 5.41) is 4.14. The van der Waals surface area contributed by atoms with Crippen molar-refractivity contribution in [2.24, 2.45) is 0 Å². The summed E-state index contributed by atoms with van der Waals surface area (Å²) >= 11 is 3.50. The van der Waals surface area contributed by atoms with Gasteiger partial charge in [0, 0.05) is 0 Å². The molecule has 0 amide bonds. The predicted octanol–water partition coefficient (Wildman–Crippen LogP) is 0.281. The molecule has 0 N–H and O–H groups in total. The molecule has 0 saturated carbocycles. The summed E-state index contributed by atoms with van der Waals surface area (Å²) in [5.74, 6) is 0. The molecule has 0 fully saturated rings. The fourth-order valence-corrected chi connectivity index (χ4v) is 2.29. The van der Waals surface area contributed by atoms with E-state index in [1.807, 2.05) is 6.07 Å². The van der Waals surface area contributed by atoms with Crippen LogP contribution in [0.5, 0.6) is 0 Å². The van der Waals surface area contributed by atoms with Gasteiger partial charge >= 0.3 is 18.9 Å². The van der Waals surface area contributed by atoms with Gasteiger partial charge in [0.05, 0.1) is 0 Å². The van der Waals surface area contributed by atoms with E-state index in [4.69, 9.17) is 0 Å². The molecule has 50 valence electrons. The number of hydrogen-bond acceptors (Lipinski definition) is 2. The third-order valence-electron chi connectivity index (χ3n) is 1.21. The van der Waals surface area contributed by atoms with E-state index in [9.17, 15) is 0 Å². The van der Waals surface area contributed by atoms with Crippen molar-refractivity contribution in [2.45, 2.75) is 0 Å². The predicted molar refractivity (Wildman–Crippen MR) is 46.5 cm³/mol. The van der Waals surface area contributed by atoms with Crippen LogP contribution in [0.2, 0.25) is 0 Å². The molecule has 2 heterocycles. The van der Waals surface area contributed by atoms with Crippen LogP contribution in [0.3, 0.4) is 0 Å². The molecule has 11 heavy (non-hydrogen) atoms. The molecule has 2 rings (SSSR count). The summed E-state index contributed by atoms with van der Waals surface area (Å²) < 4.78 is 0. The molecule has 0 unspecified atom stereocenters. The van der Waals surface area contributed by atoms with Crippen molar-refractivity contribution in [3.05, 3.63) is 35.0 Å². The molecule has 0 aromatic carbocycles. The quantitative estimate of drug-likeness (QED) is 0.428. The largest absolute Gasteiger partial charge is 1.00 e. The number of thiophene rings is 2. The molecular weight excluding hydrogens is 167 g/mol. The van der Waals surface area contributed by atoms with Gasteiger partial charge in [-0.3, -0.25) is 0 Å². The Morgan fingerprint density at radius 3 is 2.64 bits per heavy atom. The van der Waals surface area contributed by atoms with Crippen LogP contribution in [-0.2, 0) is 0 Å². The minimum absolute atomic E-state index is 0. The maximum atomic E-state index is 3.17. The van der Waals surface area contributed by atoms with Gasteiger partial charge in [0.1, 0.15) is 0 Å². The summed E-state index contributed by atoms with van der Waals surface area (Å²) in [4.78, 5) is 2.56. The van der Waals surface area contributed by atoms with Crippen LogP contribution in [0, 0.1) is 6.07 Å². The number of hydrogen-bond donors (Lipinski definition) is 0. The SMILES string of the molecule is [Li+].[c-]1ccsc1-c1cccs1. The Labute approximate surface area is 86.1 Å². The minimum Gasteiger partial charge on any atom is -0.238 e. The molecule has 0 aliphatic heterocycles. The molecular formula is C8H5LiS2. The van der Waals surface area contributed by atoms with Gasteiger partial charge in [-0.2, -0.15) is 12.1 Å². The zero-order valence-electron chi connectivity index (χ0n) is 6.20. The van der Waals surface area contributed by atoms with Crippen LogP contribution in [0.25, 0.3) is 9.75 Å². The molecule has 0 aliphatic rings. The fourth-order valence-electron chi connectivity index (χ4n) is 0.783. The standard InChI is InChI=1S/C8H5S2.Li/c1-3-7(9-5-1)8-4-2-6-10-8;/h1-3,5-6H;/q-1;+1. The molecule has 0 saturated heterocycles. The van der Waals surface area contributed by atoms with E-state index in [1.165, 1.54) is 9.75 Å². The smallest absolute Gasteiger partial charge is 0.238 e. The minimum atomic E-state index is 0. The van der Waals surface area contributed by atoms with Crippen LogP contribution >= 0.6 is 22.7 Å². The fraction of sp³-hybridized carbons (Fsp3) is 0. The molecule has 3 heteroatoms. The molecule has 0 spiro atoms. The van der Waals surface area contributed by atoms with E-state index in [-0.39, 0.29) is 18.9 Å². The van der Waals surface area contributed by atoms with Gasteiger partial charge in [0.15, 0.2) is 0 Å². The van der Waals surface area contributed by atoms with E-state index >= 15 is 0 Å². The molecule has 0 aliphatic carbocycles. The second-order valence-electron chi connectivity index (χ2n) is 1.87. The van der Waals surface area contributed by atoms with Gasteiger partial charge in [-0.15, -0.1) is 5.38 Å². The summed E-state index contributed by atoms with van der Waals surface area (Å²) in [6.45, 7) is 0. The second kappa shape index (κ2) is 4.13. The van der Waals surface area contributed by atoms with E-state index in [0.717, 1.165) is 0 Å². The summed E-state index contributed by atoms with van der Waals surface area (Å²) in [5.41, 5.74) is 0. The van der Waals surface area contributed by atoms with Crippen LogP contribution in [0.4, 0.5) is 0 Å². The Kier molecular flexibility index (Phi) is 3.41. The molecule has 0 bridgehead atoms. The summed E-state index contributed by atoms with van der Waals surface area (Å²) in [6, 6.07) is 9.31. The Bertz CT molecular complexity index is 252. The first kappa shape index (κ1) is 9.09. The van der Waals surface area contributed by atoms with Gasteiger partial charge in [0.25, 0.3) is 0 Å². The van der Waals surface area contributed by atoms with E-state index in [1.54, 1.807) is 22.7 Å². The van der Waals surface area contributed by atoms with Crippen molar-refractivity contribution in [1.29, 1.82) is 0 Å². The van der Waals surface area contributed by atoms with Crippen LogP contribution < -0.4 is 18.9 Å². The first-order chi connectivity index (χ1) is 4.97. The van der Waals surface area contributed by atoms with Crippen LogP contribution in [0.15, 0.2) is 29.0 Å². The summed E-state index contributed by atoms with van der Waals surface area (Å²) in [7, 11) is 0. The zero-order chi connectivity index (χ0) is 6.81. The molecule has 2 aromatic heterocycles. The first-order valence-corrected chi connectivity index (χ1v) is 4.72. The Morgan fingerprint density at radius 2 is 2.09 bits per heavy atom. The second-order valence-corrected chi connectivity index (χ2v) is 3.74. The van der Waals surface area contributed by atoms with Gasteiger partial charge in [0.2, 0.25) is 0 Å². The first-order valence-electron chi connectivity index (χ1n) is 2.96. The van der Waals surface area contributed by atoms with E-state index in [2.05, 4.69) is 29.0 Å². The van der Waals surface area contributed by atoms with Crippen LogP contribution in [0.1, 0.15) is 0 Å². The maximum Gasteiger partial charge on any atom is 1.00 e. The van der Waals surface area contributed by atoms with Gasteiger partial charge < -0.3 is 0 Å². The van der Waals surface area contributed by atoms with Crippen molar-refractivity contribution in [1.82, 2.24) is 0 Å². The van der Waals surface area contributed by atoms with Crippen molar-refractivity contribution < 1.29 is 18.9 Å².